The summed E-state index contributed by atoms with van der Waals surface area (Å²) < 4.78 is 0.940. The van der Waals surface area contributed by atoms with Crippen molar-refractivity contribution < 1.29 is 0 Å². The van der Waals surface area contributed by atoms with E-state index in [9.17, 15) is 0 Å². The van der Waals surface area contributed by atoms with Crippen molar-refractivity contribution in [1.82, 2.24) is 9.97 Å². The Morgan fingerprint density at radius 3 is 2.88 bits per heavy atom. The normalized spacial score (nSPS) is 21.3. The first kappa shape index (κ1) is 13.1. The fourth-order valence-corrected chi connectivity index (χ4v) is 3.42. The maximum absolute atomic E-state index is 4.40. The maximum Gasteiger partial charge on any atom is 0.225 e. The highest BCUT2D eigenvalue weighted by Gasteiger charge is 2.19. The lowest BCUT2D eigenvalue weighted by atomic mass is 10.2. The number of hydrogen-bond donors (Lipinski definition) is 0. The molecule has 0 radical (unpaired) electrons. The van der Waals surface area contributed by atoms with Crippen molar-refractivity contribution in [3.05, 3.63) is 16.9 Å². The van der Waals surface area contributed by atoms with Gasteiger partial charge in [0.15, 0.2) is 0 Å². The van der Waals surface area contributed by atoms with E-state index in [4.69, 9.17) is 0 Å². The molecule has 0 aliphatic carbocycles. The zero-order valence-electron chi connectivity index (χ0n) is 10.1. The molecular formula is C12H18BrN3S. The van der Waals surface area contributed by atoms with Crippen LogP contribution in [0.4, 0.5) is 5.95 Å². The summed E-state index contributed by atoms with van der Waals surface area (Å²) in [7, 11) is 0. The van der Waals surface area contributed by atoms with Crippen LogP contribution < -0.4 is 4.90 Å². The minimum absolute atomic E-state index is 0.731. The molecule has 17 heavy (non-hydrogen) atoms. The third kappa shape index (κ3) is 3.85. The second-order valence-electron chi connectivity index (χ2n) is 4.22. The van der Waals surface area contributed by atoms with Crippen LogP contribution in [0.5, 0.6) is 0 Å². The van der Waals surface area contributed by atoms with Crippen LogP contribution in [0.3, 0.4) is 0 Å². The van der Waals surface area contributed by atoms with Gasteiger partial charge in [-0.05, 0) is 34.5 Å². The molecule has 5 heteroatoms. The second-order valence-corrected chi connectivity index (χ2v) is 6.71. The Hall–Kier alpha value is -0.290. The SMILES string of the molecule is CCSC1CCCCN(c2ncc(Br)cn2)C1. The van der Waals surface area contributed by atoms with Gasteiger partial charge in [-0.25, -0.2) is 9.97 Å². The number of aromatic nitrogens is 2. The van der Waals surface area contributed by atoms with Gasteiger partial charge >= 0.3 is 0 Å². The van der Waals surface area contributed by atoms with Gasteiger partial charge in [-0.3, -0.25) is 0 Å². The first-order chi connectivity index (χ1) is 8.29. The standard InChI is InChI=1S/C12H18BrN3S/c1-2-17-11-5-3-4-6-16(9-11)12-14-7-10(13)8-15-12/h7-8,11H,2-6,9H2,1H3. The molecule has 1 saturated heterocycles. The topological polar surface area (TPSA) is 29.0 Å². The van der Waals surface area contributed by atoms with Crippen LogP contribution in [-0.4, -0.2) is 34.1 Å². The van der Waals surface area contributed by atoms with E-state index in [-0.39, 0.29) is 0 Å². The molecule has 3 nitrogen and oxygen atoms in total. The largest absolute Gasteiger partial charge is 0.340 e. The molecule has 1 aliphatic rings. The van der Waals surface area contributed by atoms with Gasteiger partial charge in [-0.1, -0.05) is 13.3 Å². The van der Waals surface area contributed by atoms with E-state index < -0.39 is 0 Å². The zero-order valence-corrected chi connectivity index (χ0v) is 12.5. The van der Waals surface area contributed by atoms with Crippen LogP contribution in [0.25, 0.3) is 0 Å². The Bertz CT molecular complexity index is 344. The summed E-state index contributed by atoms with van der Waals surface area (Å²) in [6, 6.07) is 0. The fourth-order valence-electron chi connectivity index (χ4n) is 2.13. The molecule has 0 N–H and O–H groups in total. The molecule has 0 aromatic carbocycles. The lowest BCUT2D eigenvalue weighted by Gasteiger charge is -2.23. The van der Waals surface area contributed by atoms with E-state index in [1.165, 1.54) is 25.0 Å². The zero-order chi connectivity index (χ0) is 12.1. The maximum atomic E-state index is 4.40. The molecule has 0 amide bonds. The van der Waals surface area contributed by atoms with Crippen molar-refractivity contribution in [2.24, 2.45) is 0 Å². The van der Waals surface area contributed by atoms with Crippen molar-refractivity contribution in [2.75, 3.05) is 23.7 Å². The Kier molecular flexibility index (Phi) is 5.10. The van der Waals surface area contributed by atoms with Gasteiger partial charge in [-0.15, -0.1) is 0 Å². The molecule has 1 aromatic heterocycles. The molecule has 0 spiro atoms. The lowest BCUT2D eigenvalue weighted by Crippen LogP contribution is -2.31. The summed E-state index contributed by atoms with van der Waals surface area (Å²) in [4.78, 5) is 11.1. The van der Waals surface area contributed by atoms with Gasteiger partial charge in [0.1, 0.15) is 0 Å². The minimum Gasteiger partial charge on any atom is -0.340 e. The monoisotopic (exact) mass is 315 g/mol. The first-order valence-corrected chi connectivity index (χ1v) is 7.98. The van der Waals surface area contributed by atoms with Crippen molar-refractivity contribution in [3.63, 3.8) is 0 Å². The van der Waals surface area contributed by atoms with Gasteiger partial charge in [0.2, 0.25) is 5.95 Å². The molecule has 0 bridgehead atoms. The Labute approximate surface area is 116 Å². The highest BCUT2D eigenvalue weighted by molar-refractivity contribution is 9.10. The number of rotatable bonds is 3. The third-order valence-corrected chi connectivity index (χ3v) is 4.52. The average Bonchev–Trinajstić information content (AvgIpc) is 2.56. The fraction of sp³-hybridized carbons (Fsp3) is 0.667. The number of anilines is 1. The highest BCUT2D eigenvalue weighted by Crippen LogP contribution is 2.24. The second kappa shape index (κ2) is 6.59. The number of halogens is 1. The summed E-state index contributed by atoms with van der Waals surface area (Å²) in [6.45, 7) is 4.40. The number of thioether (sulfide) groups is 1. The summed E-state index contributed by atoms with van der Waals surface area (Å²) in [5.74, 6) is 2.07. The van der Waals surface area contributed by atoms with E-state index in [1.54, 1.807) is 0 Å². The van der Waals surface area contributed by atoms with Crippen molar-refractivity contribution in [1.29, 1.82) is 0 Å². The molecule has 1 aliphatic heterocycles. The molecule has 1 fully saturated rings. The van der Waals surface area contributed by atoms with Crippen molar-refractivity contribution >= 4 is 33.6 Å². The minimum atomic E-state index is 0.731. The van der Waals surface area contributed by atoms with Crippen LogP contribution in [0.15, 0.2) is 16.9 Å². The molecule has 2 rings (SSSR count). The Morgan fingerprint density at radius 1 is 1.41 bits per heavy atom. The number of nitrogens with zero attached hydrogens (tertiary/aromatic N) is 3. The summed E-state index contributed by atoms with van der Waals surface area (Å²) >= 11 is 5.43. The van der Waals surface area contributed by atoms with Crippen LogP contribution >= 0.6 is 27.7 Å². The van der Waals surface area contributed by atoms with Crippen LogP contribution in [0.2, 0.25) is 0 Å². The molecule has 1 atom stereocenters. The third-order valence-electron chi connectivity index (χ3n) is 2.92. The Balaban J connectivity index is 2.05. The molecule has 1 unspecified atom stereocenters. The average molecular weight is 316 g/mol. The van der Waals surface area contributed by atoms with Gasteiger partial charge in [-0.2, -0.15) is 11.8 Å². The molecule has 2 heterocycles. The van der Waals surface area contributed by atoms with E-state index in [2.05, 4.69) is 49.5 Å². The van der Waals surface area contributed by atoms with E-state index in [0.29, 0.717) is 0 Å². The Morgan fingerprint density at radius 2 is 2.18 bits per heavy atom. The molecular weight excluding hydrogens is 298 g/mol. The van der Waals surface area contributed by atoms with E-state index in [1.807, 2.05) is 12.4 Å². The van der Waals surface area contributed by atoms with Gasteiger partial charge in [0.25, 0.3) is 0 Å². The van der Waals surface area contributed by atoms with E-state index in [0.717, 1.165) is 28.8 Å². The molecule has 1 aromatic rings. The summed E-state index contributed by atoms with van der Waals surface area (Å²) in [5.41, 5.74) is 0. The number of hydrogen-bond acceptors (Lipinski definition) is 4. The smallest absolute Gasteiger partial charge is 0.225 e. The lowest BCUT2D eigenvalue weighted by molar-refractivity contribution is 0.735. The van der Waals surface area contributed by atoms with Crippen LogP contribution in [0, 0.1) is 0 Å². The molecule has 0 saturated carbocycles. The van der Waals surface area contributed by atoms with Crippen molar-refractivity contribution in [2.45, 2.75) is 31.4 Å². The summed E-state index contributed by atoms with van der Waals surface area (Å²) in [6.07, 6.45) is 7.56. The quantitative estimate of drug-likeness (QED) is 0.855. The van der Waals surface area contributed by atoms with E-state index >= 15 is 0 Å². The van der Waals surface area contributed by atoms with Gasteiger partial charge in [0, 0.05) is 30.7 Å². The van der Waals surface area contributed by atoms with Crippen molar-refractivity contribution in [3.8, 4) is 0 Å². The highest BCUT2D eigenvalue weighted by atomic mass is 79.9. The van der Waals surface area contributed by atoms with Gasteiger partial charge in [0.05, 0.1) is 4.47 Å². The summed E-state index contributed by atoms with van der Waals surface area (Å²) in [5, 5.41) is 0.731. The molecule has 94 valence electrons. The van der Waals surface area contributed by atoms with Gasteiger partial charge < -0.3 is 4.90 Å². The predicted molar refractivity (Wildman–Crippen MR) is 77.7 cm³/mol. The first-order valence-electron chi connectivity index (χ1n) is 6.13. The predicted octanol–water partition coefficient (Wildman–Crippen LogP) is 3.35. The van der Waals surface area contributed by atoms with Crippen LogP contribution in [0.1, 0.15) is 26.2 Å². The van der Waals surface area contributed by atoms with Crippen LogP contribution in [-0.2, 0) is 0 Å².